The van der Waals surface area contributed by atoms with Gasteiger partial charge in [0.2, 0.25) is 0 Å². The number of nitrogens with zero attached hydrogens (tertiary/aromatic N) is 2. The number of nitriles is 1. The van der Waals surface area contributed by atoms with E-state index in [9.17, 15) is 5.26 Å². The van der Waals surface area contributed by atoms with Gasteiger partial charge in [-0.2, -0.15) is 5.26 Å². The lowest BCUT2D eigenvalue weighted by Gasteiger charge is -2.22. The molecule has 0 bridgehead atoms. The molecule has 0 radical (unpaired) electrons. The summed E-state index contributed by atoms with van der Waals surface area (Å²) in [5.74, 6) is 0.424. The van der Waals surface area contributed by atoms with E-state index in [4.69, 9.17) is 4.42 Å². The zero-order valence-corrected chi connectivity index (χ0v) is 15.1. The Morgan fingerprint density at radius 1 is 0.963 bits per heavy atom. The lowest BCUT2D eigenvalue weighted by atomic mass is 9.81. The highest BCUT2D eigenvalue weighted by Crippen LogP contribution is 2.41. The molecule has 0 N–H and O–H groups in total. The second-order valence-electron chi connectivity index (χ2n) is 7.38. The Balaban J connectivity index is 1.73. The van der Waals surface area contributed by atoms with Gasteiger partial charge in [-0.05, 0) is 55.2 Å². The molecule has 2 aromatic carbocycles. The molecule has 0 amide bonds. The van der Waals surface area contributed by atoms with E-state index in [1.54, 1.807) is 6.20 Å². The Bertz CT molecular complexity index is 1160. The molecule has 1 aliphatic rings. The molecule has 132 valence electrons. The van der Waals surface area contributed by atoms with Crippen LogP contribution in [0.2, 0.25) is 0 Å². The predicted molar refractivity (Wildman–Crippen MR) is 107 cm³/mol. The van der Waals surface area contributed by atoms with Crippen molar-refractivity contribution in [3.8, 4) is 17.3 Å². The number of hydrogen-bond acceptors (Lipinski definition) is 3. The van der Waals surface area contributed by atoms with Crippen LogP contribution in [0.15, 0.2) is 59.1 Å². The van der Waals surface area contributed by atoms with Crippen LogP contribution in [0.5, 0.6) is 0 Å². The van der Waals surface area contributed by atoms with Crippen molar-refractivity contribution >= 4 is 21.9 Å². The summed E-state index contributed by atoms with van der Waals surface area (Å²) >= 11 is 0. The number of fused-ring (bicyclic) bond motifs is 3. The van der Waals surface area contributed by atoms with Gasteiger partial charge < -0.3 is 4.42 Å². The van der Waals surface area contributed by atoms with Gasteiger partial charge in [-0.3, -0.25) is 4.98 Å². The van der Waals surface area contributed by atoms with Crippen molar-refractivity contribution in [1.82, 2.24) is 4.98 Å². The average Bonchev–Trinajstić information content (AvgIpc) is 3.12. The highest BCUT2D eigenvalue weighted by atomic mass is 16.3. The fraction of sp³-hybridized carbons (Fsp3) is 0.250. The van der Waals surface area contributed by atoms with E-state index >= 15 is 0 Å². The van der Waals surface area contributed by atoms with Crippen molar-refractivity contribution < 1.29 is 4.42 Å². The SMILES string of the molecule is N#Cc1ccc2c(oc3cc(-c4ccccn4)ccc32)c1C1CCCCC1. The number of benzene rings is 2. The average molecular weight is 352 g/mol. The Morgan fingerprint density at radius 3 is 2.59 bits per heavy atom. The van der Waals surface area contributed by atoms with Gasteiger partial charge in [0.25, 0.3) is 0 Å². The molecule has 27 heavy (non-hydrogen) atoms. The van der Waals surface area contributed by atoms with Gasteiger partial charge in [-0.1, -0.05) is 31.4 Å². The van der Waals surface area contributed by atoms with Crippen LogP contribution in [-0.2, 0) is 0 Å². The maximum atomic E-state index is 9.68. The van der Waals surface area contributed by atoms with E-state index < -0.39 is 0 Å². The highest BCUT2D eigenvalue weighted by molar-refractivity contribution is 6.07. The van der Waals surface area contributed by atoms with Crippen LogP contribution in [0.3, 0.4) is 0 Å². The predicted octanol–water partition coefficient (Wildman–Crippen LogP) is 6.57. The first-order valence-corrected chi connectivity index (χ1v) is 9.66. The van der Waals surface area contributed by atoms with Gasteiger partial charge in [0, 0.05) is 28.1 Å². The number of hydrogen-bond donors (Lipinski definition) is 0. The minimum Gasteiger partial charge on any atom is -0.456 e. The first-order chi connectivity index (χ1) is 13.3. The van der Waals surface area contributed by atoms with Gasteiger partial charge >= 0.3 is 0 Å². The van der Waals surface area contributed by atoms with Crippen LogP contribution < -0.4 is 0 Å². The van der Waals surface area contributed by atoms with Gasteiger partial charge in [0.1, 0.15) is 11.2 Å². The molecule has 1 fully saturated rings. The molecule has 3 heteroatoms. The molecule has 3 nitrogen and oxygen atoms in total. The molecule has 2 aromatic heterocycles. The van der Waals surface area contributed by atoms with Crippen LogP contribution in [0.4, 0.5) is 0 Å². The van der Waals surface area contributed by atoms with E-state index in [1.165, 1.54) is 19.3 Å². The van der Waals surface area contributed by atoms with E-state index in [-0.39, 0.29) is 0 Å². The van der Waals surface area contributed by atoms with Crippen molar-refractivity contribution in [3.05, 3.63) is 65.9 Å². The van der Waals surface area contributed by atoms with Gasteiger partial charge in [-0.15, -0.1) is 0 Å². The van der Waals surface area contributed by atoms with Crippen LogP contribution in [-0.4, -0.2) is 4.98 Å². The Hall–Kier alpha value is -3.12. The van der Waals surface area contributed by atoms with Crippen molar-refractivity contribution in [2.75, 3.05) is 0 Å². The summed E-state index contributed by atoms with van der Waals surface area (Å²) in [7, 11) is 0. The standard InChI is InChI=1S/C24H20N2O/c25-15-18-10-12-20-19-11-9-17(21-8-4-5-13-26-21)14-22(19)27-24(20)23(18)16-6-2-1-3-7-16/h4-5,8-14,16H,1-3,6-7H2. The quantitative estimate of drug-likeness (QED) is 0.410. The molecule has 0 saturated heterocycles. The molecule has 0 spiro atoms. The second-order valence-corrected chi connectivity index (χ2v) is 7.38. The monoisotopic (exact) mass is 352 g/mol. The summed E-state index contributed by atoms with van der Waals surface area (Å²) in [5, 5.41) is 11.9. The van der Waals surface area contributed by atoms with E-state index in [0.717, 1.165) is 57.2 Å². The van der Waals surface area contributed by atoms with Crippen molar-refractivity contribution in [1.29, 1.82) is 5.26 Å². The topological polar surface area (TPSA) is 49.8 Å². The summed E-state index contributed by atoms with van der Waals surface area (Å²) in [6.07, 6.45) is 7.85. The third-order valence-corrected chi connectivity index (χ3v) is 5.77. The Labute approximate surface area is 158 Å². The van der Waals surface area contributed by atoms with E-state index in [2.05, 4.69) is 29.3 Å². The highest BCUT2D eigenvalue weighted by Gasteiger charge is 2.24. The van der Waals surface area contributed by atoms with Gasteiger partial charge in [-0.25, -0.2) is 0 Å². The largest absolute Gasteiger partial charge is 0.456 e. The van der Waals surface area contributed by atoms with Gasteiger partial charge in [0.15, 0.2) is 0 Å². The summed E-state index contributed by atoms with van der Waals surface area (Å²) in [6.45, 7) is 0. The second kappa shape index (κ2) is 6.55. The van der Waals surface area contributed by atoms with Crippen LogP contribution in [0.1, 0.15) is 49.1 Å². The molecule has 1 saturated carbocycles. The third-order valence-electron chi connectivity index (χ3n) is 5.77. The van der Waals surface area contributed by atoms with Crippen molar-refractivity contribution in [2.24, 2.45) is 0 Å². The normalized spacial score (nSPS) is 15.2. The number of pyridine rings is 1. The fourth-order valence-electron chi connectivity index (χ4n) is 4.45. The number of aromatic nitrogens is 1. The molecular formula is C24H20N2O. The molecule has 4 aromatic rings. The summed E-state index contributed by atoms with van der Waals surface area (Å²) in [4.78, 5) is 4.44. The van der Waals surface area contributed by atoms with Crippen molar-refractivity contribution in [2.45, 2.75) is 38.0 Å². The van der Waals surface area contributed by atoms with E-state index in [0.29, 0.717) is 5.92 Å². The molecule has 0 atom stereocenters. The fourth-order valence-corrected chi connectivity index (χ4v) is 4.45. The summed E-state index contributed by atoms with van der Waals surface area (Å²) < 4.78 is 6.36. The third kappa shape index (κ3) is 2.69. The Kier molecular flexibility index (Phi) is 3.90. The van der Waals surface area contributed by atoms with Crippen LogP contribution in [0, 0.1) is 11.3 Å². The number of furan rings is 1. The molecule has 5 rings (SSSR count). The van der Waals surface area contributed by atoms with Crippen LogP contribution in [0.25, 0.3) is 33.2 Å². The zero-order valence-electron chi connectivity index (χ0n) is 15.1. The lowest BCUT2D eigenvalue weighted by Crippen LogP contribution is -2.06. The minimum absolute atomic E-state index is 0.424. The Morgan fingerprint density at radius 2 is 1.81 bits per heavy atom. The molecule has 1 aliphatic carbocycles. The molecule has 0 aliphatic heterocycles. The smallest absolute Gasteiger partial charge is 0.140 e. The minimum atomic E-state index is 0.424. The maximum absolute atomic E-state index is 9.68. The molecule has 0 unspecified atom stereocenters. The first-order valence-electron chi connectivity index (χ1n) is 9.66. The zero-order chi connectivity index (χ0) is 18.2. The maximum Gasteiger partial charge on any atom is 0.140 e. The number of rotatable bonds is 2. The first kappa shape index (κ1) is 16.1. The van der Waals surface area contributed by atoms with Gasteiger partial charge in [0.05, 0.1) is 17.3 Å². The molecule has 2 heterocycles. The molecular weight excluding hydrogens is 332 g/mol. The summed E-state index contributed by atoms with van der Waals surface area (Å²) in [5.41, 5.74) is 5.62. The van der Waals surface area contributed by atoms with E-state index in [1.807, 2.05) is 30.3 Å². The van der Waals surface area contributed by atoms with Crippen LogP contribution >= 0.6 is 0 Å². The van der Waals surface area contributed by atoms with Crippen molar-refractivity contribution in [3.63, 3.8) is 0 Å². The lowest BCUT2D eigenvalue weighted by molar-refractivity contribution is 0.441. The summed E-state index contributed by atoms with van der Waals surface area (Å²) in [6, 6.07) is 18.6.